The molecule has 4 N–H and O–H groups in total. The molecule has 1 aromatic heterocycles. The van der Waals surface area contributed by atoms with Crippen LogP contribution in [0.5, 0.6) is 0 Å². The predicted molar refractivity (Wildman–Crippen MR) is 64.8 cm³/mol. The highest BCUT2D eigenvalue weighted by Crippen LogP contribution is 2.16. The Labute approximate surface area is 103 Å². The number of imide groups is 1. The van der Waals surface area contributed by atoms with Crippen molar-refractivity contribution in [2.24, 2.45) is 5.73 Å². The molecule has 3 amide bonds. The van der Waals surface area contributed by atoms with E-state index in [0.717, 1.165) is 5.82 Å². The van der Waals surface area contributed by atoms with Gasteiger partial charge in [-0.2, -0.15) is 4.37 Å². The highest BCUT2D eigenvalue weighted by atomic mass is 32.1. The van der Waals surface area contributed by atoms with Crippen molar-refractivity contribution in [1.29, 1.82) is 0 Å². The lowest BCUT2D eigenvalue weighted by molar-refractivity contribution is -0.119. The molecule has 17 heavy (non-hydrogen) atoms. The number of carbonyl (C=O) groups is 2. The van der Waals surface area contributed by atoms with E-state index < -0.39 is 11.9 Å². The van der Waals surface area contributed by atoms with E-state index in [1.807, 2.05) is 19.2 Å². The van der Waals surface area contributed by atoms with Gasteiger partial charge in [0.25, 0.3) is 0 Å². The number of aromatic nitrogens is 2. The summed E-state index contributed by atoms with van der Waals surface area (Å²) < 4.78 is 4.16. The lowest BCUT2D eigenvalue weighted by atomic mass is 10.2. The second kappa shape index (κ2) is 6.14. The summed E-state index contributed by atoms with van der Waals surface area (Å²) in [5, 5.41) is 5.60. The van der Waals surface area contributed by atoms with Crippen molar-refractivity contribution in [2.75, 3.05) is 11.9 Å². The highest BCUT2D eigenvalue weighted by molar-refractivity contribution is 7.09. The van der Waals surface area contributed by atoms with Gasteiger partial charge in [0.15, 0.2) is 0 Å². The predicted octanol–water partition coefficient (Wildman–Crippen LogP) is 0.658. The first kappa shape index (κ1) is 13.4. The standard InChI is InChI=1S/C9H15N5O2S/c1-5(2)7-13-9(17-14-7)11-4-3-6(15)12-8(10)16/h5H,3-4H2,1-2H3,(H,11,13,14)(H3,10,12,15,16). The Morgan fingerprint density at radius 2 is 2.18 bits per heavy atom. The molecule has 0 fully saturated rings. The van der Waals surface area contributed by atoms with Crippen LogP contribution in [0, 0.1) is 0 Å². The van der Waals surface area contributed by atoms with Gasteiger partial charge in [-0.15, -0.1) is 0 Å². The van der Waals surface area contributed by atoms with Gasteiger partial charge in [-0.25, -0.2) is 9.78 Å². The van der Waals surface area contributed by atoms with Crippen LogP contribution in [0.4, 0.5) is 9.93 Å². The topological polar surface area (TPSA) is 110 Å². The van der Waals surface area contributed by atoms with Gasteiger partial charge in [0.05, 0.1) is 0 Å². The minimum absolute atomic E-state index is 0.152. The summed E-state index contributed by atoms with van der Waals surface area (Å²) in [5.41, 5.74) is 4.80. The van der Waals surface area contributed by atoms with E-state index >= 15 is 0 Å². The van der Waals surface area contributed by atoms with Crippen LogP contribution in [-0.4, -0.2) is 27.8 Å². The third kappa shape index (κ3) is 4.77. The Kier molecular flexibility index (Phi) is 4.83. The van der Waals surface area contributed by atoms with Gasteiger partial charge < -0.3 is 11.1 Å². The van der Waals surface area contributed by atoms with Gasteiger partial charge in [-0.1, -0.05) is 13.8 Å². The molecule has 0 unspecified atom stereocenters. The summed E-state index contributed by atoms with van der Waals surface area (Å²) in [6, 6.07) is -0.840. The molecule has 1 rings (SSSR count). The zero-order chi connectivity index (χ0) is 12.8. The van der Waals surface area contributed by atoms with Crippen molar-refractivity contribution in [3.05, 3.63) is 5.82 Å². The summed E-state index contributed by atoms with van der Waals surface area (Å²) in [7, 11) is 0. The molecule has 8 heteroatoms. The number of primary amides is 1. The molecular formula is C9H15N5O2S. The van der Waals surface area contributed by atoms with Gasteiger partial charge in [0, 0.05) is 30.4 Å². The summed E-state index contributed by atoms with van der Waals surface area (Å²) in [4.78, 5) is 25.7. The van der Waals surface area contributed by atoms with Gasteiger partial charge in [0.2, 0.25) is 11.0 Å². The molecule has 7 nitrogen and oxygen atoms in total. The second-order valence-electron chi connectivity index (χ2n) is 3.70. The third-order valence-electron chi connectivity index (χ3n) is 1.85. The zero-order valence-electron chi connectivity index (χ0n) is 9.69. The first-order valence-electron chi connectivity index (χ1n) is 5.15. The number of nitrogens with zero attached hydrogens (tertiary/aromatic N) is 2. The molecule has 0 spiro atoms. The number of hydrogen-bond donors (Lipinski definition) is 3. The number of urea groups is 1. The third-order valence-corrected chi connectivity index (χ3v) is 2.54. The highest BCUT2D eigenvalue weighted by Gasteiger charge is 2.08. The summed E-state index contributed by atoms with van der Waals surface area (Å²) in [5.74, 6) is 0.637. The summed E-state index contributed by atoms with van der Waals surface area (Å²) >= 11 is 1.25. The lowest BCUT2D eigenvalue weighted by Crippen LogP contribution is -2.35. The van der Waals surface area contributed by atoms with Crippen LogP contribution in [0.15, 0.2) is 0 Å². The Balaban J connectivity index is 2.30. The van der Waals surface area contributed by atoms with Crippen LogP contribution in [0.1, 0.15) is 32.0 Å². The van der Waals surface area contributed by atoms with Crippen molar-refractivity contribution in [3.63, 3.8) is 0 Å². The van der Waals surface area contributed by atoms with Crippen LogP contribution in [0.25, 0.3) is 0 Å². The maximum atomic E-state index is 11.1. The number of hydrogen-bond acceptors (Lipinski definition) is 6. The normalized spacial score (nSPS) is 10.3. The maximum absolute atomic E-state index is 11.1. The van der Waals surface area contributed by atoms with Crippen LogP contribution < -0.4 is 16.4 Å². The Morgan fingerprint density at radius 3 is 2.71 bits per heavy atom. The van der Waals surface area contributed by atoms with Gasteiger partial charge in [0.1, 0.15) is 5.82 Å². The van der Waals surface area contributed by atoms with E-state index in [0.29, 0.717) is 11.7 Å². The van der Waals surface area contributed by atoms with Crippen LogP contribution in [-0.2, 0) is 4.79 Å². The molecule has 0 aliphatic heterocycles. The second-order valence-corrected chi connectivity index (χ2v) is 4.45. The number of nitrogens with one attached hydrogen (secondary N) is 2. The van der Waals surface area contributed by atoms with Crippen molar-refractivity contribution >= 4 is 28.6 Å². The van der Waals surface area contributed by atoms with E-state index in [9.17, 15) is 9.59 Å². The molecule has 0 aliphatic rings. The molecular weight excluding hydrogens is 242 g/mol. The fourth-order valence-electron chi connectivity index (χ4n) is 1.02. The largest absolute Gasteiger partial charge is 0.360 e. The molecule has 1 heterocycles. The van der Waals surface area contributed by atoms with Gasteiger partial charge >= 0.3 is 6.03 Å². The molecule has 1 aromatic rings. The number of amides is 3. The first-order valence-corrected chi connectivity index (χ1v) is 5.93. The quantitative estimate of drug-likeness (QED) is 0.717. The number of carbonyl (C=O) groups excluding carboxylic acids is 2. The monoisotopic (exact) mass is 257 g/mol. The number of nitrogens with two attached hydrogens (primary N) is 1. The Hall–Kier alpha value is -1.70. The Morgan fingerprint density at radius 1 is 1.47 bits per heavy atom. The van der Waals surface area contributed by atoms with Crippen LogP contribution in [0.3, 0.4) is 0 Å². The summed E-state index contributed by atoms with van der Waals surface area (Å²) in [6.07, 6.45) is 0.152. The minimum atomic E-state index is -0.840. The van der Waals surface area contributed by atoms with Crippen molar-refractivity contribution < 1.29 is 9.59 Å². The first-order chi connectivity index (χ1) is 7.99. The van der Waals surface area contributed by atoms with E-state index in [1.165, 1.54) is 11.5 Å². The molecule has 0 aromatic carbocycles. The van der Waals surface area contributed by atoms with Crippen molar-refractivity contribution in [2.45, 2.75) is 26.2 Å². The van der Waals surface area contributed by atoms with Crippen LogP contribution >= 0.6 is 11.5 Å². The molecule has 0 saturated heterocycles. The van der Waals surface area contributed by atoms with Gasteiger partial charge in [-0.05, 0) is 0 Å². The van der Waals surface area contributed by atoms with Crippen molar-refractivity contribution in [1.82, 2.24) is 14.7 Å². The fraction of sp³-hybridized carbons (Fsp3) is 0.556. The molecule has 0 radical (unpaired) electrons. The van der Waals surface area contributed by atoms with Crippen LogP contribution in [0.2, 0.25) is 0 Å². The number of anilines is 1. The lowest BCUT2D eigenvalue weighted by Gasteiger charge is -2.01. The molecule has 0 atom stereocenters. The fourth-order valence-corrected chi connectivity index (χ4v) is 1.76. The van der Waals surface area contributed by atoms with E-state index in [-0.39, 0.29) is 12.3 Å². The average molecular weight is 257 g/mol. The smallest absolute Gasteiger partial charge is 0.318 e. The molecule has 0 saturated carbocycles. The van der Waals surface area contributed by atoms with E-state index in [4.69, 9.17) is 5.73 Å². The molecule has 0 bridgehead atoms. The SMILES string of the molecule is CC(C)c1nsc(NCCC(=O)NC(N)=O)n1. The maximum Gasteiger partial charge on any atom is 0.318 e. The minimum Gasteiger partial charge on any atom is -0.360 e. The van der Waals surface area contributed by atoms with E-state index in [2.05, 4.69) is 14.7 Å². The van der Waals surface area contributed by atoms with Gasteiger partial charge in [-0.3, -0.25) is 10.1 Å². The van der Waals surface area contributed by atoms with E-state index in [1.54, 1.807) is 0 Å². The zero-order valence-corrected chi connectivity index (χ0v) is 10.5. The Bertz CT molecular complexity index is 404. The summed E-state index contributed by atoms with van der Waals surface area (Å²) in [6.45, 7) is 4.39. The van der Waals surface area contributed by atoms with Crippen molar-refractivity contribution in [3.8, 4) is 0 Å². The number of rotatable bonds is 5. The average Bonchev–Trinajstić information content (AvgIpc) is 2.65. The molecule has 0 aliphatic carbocycles. The molecule has 94 valence electrons.